The Morgan fingerprint density at radius 2 is 1.91 bits per heavy atom. The molecule has 6 heteroatoms. The fourth-order valence-electron chi connectivity index (χ4n) is 1.91. The number of halogens is 1. The van der Waals surface area contributed by atoms with Crippen molar-refractivity contribution in [2.45, 2.75) is 6.42 Å². The molecule has 0 aromatic heterocycles. The van der Waals surface area contributed by atoms with E-state index < -0.39 is 5.91 Å². The quantitative estimate of drug-likeness (QED) is 0.736. The van der Waals surface area contributed by atoms with Crippen molar-refractivity contribution in [1.29, 1.82) is 0 Å². The van der Waals surface area contributed by atoms with Crippen LogP contribution in [0.3, 0.4) is 0 Å². The summed E-state index contributed by atoms with van der Waals surface area (Å²) in [6.07, 6.45) is 0.822. The van der Waals surface area contributed by atoms with Crippen molar-refractivity contribution in [2.75, 3.05) is 11.9 Å². The van der Waals surface area contributed by atoms with E-state index in [2.05, 4.69) is 10.6 Å². The third-order valence-corrected chi connectivity index (χ3v) is 3.50. The Balaban J connectivity index is 1.79. The van der Waals surface area contributed by atoms with Gasteiger partial charge in [0.2, 0.25) is 5.91 Å². The highest BCUT2D eigenvalue weighted by Crippen LogP contribution is 2.11. The molecule has 2 aromatic carbocycles. The lowest BCUT2D eigenvalue weighted by atomic mass is 10.1. The van der Waals surface area contributed by atoms with E-state index in [0.717, 1.165) is 22.7 Å². The summed E-state index contributed by atoms with van der Waals surface area (Å²) in [5.41, 5.74) is 7.60. The minimum atomic E-state index is -0.450. The van der Waals surface area contributed by atoms with Crippen LogP contribution in [0.4, 0.5) is 5.69 Å². The zero-order chi connectivity index (χ0) is 15.9. The zero-order valence-electron chi connectivity index (χ0n) is 11.8. The highest BCUT2D eigenvalue weighted by atomic mass is 35.5. The monoisotopic (exact) mass is 333 g/mol. The van der Waals surface area contributed by atoms with Crippen LogP contribution in [0.1, 0.15) is 15.9 Å². The molecule has 0 fully saturated rings. The molecule has 0 saturated carbocycles. The van der Waals surface area contributed by atoms with Crippen LogP contribution in [0.2, 0.25) is 5.02 Å². The number of nitrogens with two attached hydrogens (primary N) is 1. The van der Waals surface area contributed by atoms with E-state index in [9.17, 15) is 4.79 Å². The average Bonchev–Trinajstić information content (AvgIpc) is 2.48. The van der Waals surface area contributed by atoms with Crippen LogP contribution in [-0.2, 0) is 6.42 Å². The van der Waals surface area contributed by atoms with Crippen molar-refractivity contribution in [3.8, 4) is 0 Å². The van der Waals surface area contributed by atoms with Crippen LogP contribution >= 0.6 is 23.8 Å². The molecule has 22 heavy (non-hydrogen) atoms. The molecule has 0 aliphatic carbocycles. The summed E-state index contributed by atoms with van der Waals surface area (Å²) in [6.45, 7) is 0.700. The van der Waals surface area contributed by atoms with Crippen LogP contribution in [-0.4, -0.2) is 17.6 Å². The standard InChI is InChI=1S/C16H16ClN3OS/c17-13-3-1-2-11(10-13)8-9-19-16(22)20-14-6-4-12(5-7-14)15(18)21/h1-7,10H,8-9H2,(H2,18,21)(H2,19,20,22). The second kappa shape index (κ2) is 7.77. The second-order valence-corrected chi connectivity index (χ2v) is 5.55. The van der Waals surface area contributed by atoms with Gasteiger partial charge in [0.25, 0.3) is 0 Å². The highest BCUT2D eigenvalue weighted by molar-refractivity contribution is 7.80. The van der Waals surface area contributed by atoms with Gasteiger partial charge in [0.05, 0.1) is 0 Å². The molecule has 0 radical (unpaired) electrons. The van der Waals surface area contributed by atoms with Crippen molar-refractivity contribution >= 4 is 40.5 Å². The van der Waals surface area contributed by atoms with Gasteiger partial charge >= 0.3 is 0 Å². The lowest BCUT2D eigenvalue weighted by molar-refractivity contribution is 0.100. The molecule has 2 rings (SSSR count). The maximum Gasteiger partial charge on any atom is 0.248 e. The molecule has 0 spiro atoms. The normalized spacial score (nSPS) is 10.0. The Hall–Kier alpha value is -2.11. The summed E-state index contributed by atoms with van der Waals surface area (Å²) in [6, 6.07) is 14.5. The van der Waals surface area contributed by atoms with Crippen LogP contribution in [0.25, 0.3) is 0 Å². The number of primary amides is 1. The molecule has 114 valence electrons. The first kappa shape index (κ1) is 16.3. The molecular weight excluding hydrogens is 318 g/mol. The lowest BCUT2D eigenvalue weighted by Crippen LogP contribution is -2.30. The number of anilines is 1. The van der Waals surface area contributed by atoms with E-state index in [1.807, 2.05) is 24.3 Å². The molecule has 0 saturated heterocycles. The summed E-state index contributed by atoms with van der Waals surface area (Å²) in [4.78, 5) is 11.0. The molecule has 2 aromatic rings. The van der Waals surface area contributed by atoms with Gasteiger partial charge in [-0.05, 0) is 60.6 Å². The number of hydrogen-bond donors (Lipinski definition) is 3. The van der Waals surface area contributed by atoms with Crippen LogP contribution in [0.15, 0.2) is 48.5 Å². The van der Waals surface area contributed by atoms with Crippen LogP contribution in [0.5, 0.6) is 0 Å². The molecule has 0 aliphatic rings. The van der Waals surface area contributed by atoms with Gasteiger partial charge in [-0.2, -0.15) is 0 Å². The largest absolute Gasteiger partial charge is 0.366 e. The number of amides is 1. The SMILES string of the molecule is NC(=O)c1ccc(NC(=S)NCCc2cccc(Cl)c2)cc1. The molecule has 0 atom stereocenters. The third kappa shape index (κ3) is 5.02. The molecule has 0 unspecified atom stereocenters. The van der Waals surface area contributed by atoms with Crippen LogP contribution in [0, 0.1) is 0 Å². The topological polar surface area (TPSA) is 67.2 Å². The average molecular weight is 334 g/mol. The molecule has 1 amide bonds. The van der Waals surface area contributed by atoms with Gasteiger partial charge in [0.15, 0.2) is 5.11 Å². The minimum absolute atomic E-state index is 0.450. The van der Waals surface area contributed by atoms with E-state index in [-0.39, 0.29) is 0 Å². The summed E-state index contributed by atoms with van der Waals surface area (Å²) < 4.78 is 0. The highest BCUT2D eigenvalue weighted by Gasteiger charge is 2.01. The molecule has 0 bridgehead atoms. The van der Waals surface area contributed by atoms with E-state index in [1.54, 1.807) is 24.3 Å². The number of thiocarbonyl (C=S) groups is 1. The Bertz CT molecular complexity index is 673. The van der Waals surface area contributed by atoms with Gasteiger partial charge in [0.1, 0.15) is 0 Å². The third-order valence-electron chi connectivity index (χ3n) is 3.02. The number of nitrogens with one attached hydrogen (secondary N) is 2. The lowest BCUT2D eigenvalue weighted by Gasteiger charge is -2.11. The van der Waals surface area contributed by atoms with Gasteiger partial charge in [-0.1, -0.05) is 23.7 Å². The molecule has 4 nitrogen and oxygen atoms in total. The maximum absolute atomic E-state index is 11.0. The summed E-state index contributed by atoms with van der Waals surface area (Å²) >= 11 is 11.2. The predicted octanol–water partition coefficient (Wildman–Crippen LogP) is 2.97. The number of benzene rings is 2. The van der Waals surface area contributed by atoms with Gasteiger partial charge in [-0.15, -0.1) is 0 Å². The first-order chi connectivity index (χ1) is 10.5. The fourth-order valence-corrected chi connectivity index (χ4v) is 2.34. The van der Waals surface area contributed by atoms with E-state index >= 15 is 0 Å². The van der Waals surface area contributed by atoms with E-state index in [1.165, 1.54) is 0 Å². The fraction of sp³-hybridized carbons (Fsp3) is 0.125. The summed E-state index contributed by atoms with van der Waals surface area (Å²) in [5, 5.41) is 7.42. The maximum atomic E-state index is 11.0. The van der Waals surface area contributed by atoms with Crippen molar-refractivity contribution in [3.05, 3.63) is 64.7 Å². The van der Waals surface area contributed by atoms with Crippen molar-refractivity contribution in [3.63, 3.8) is 0 Å². The minimum Gasteiger partial charge on any atom is -0.366 e. The van der Waals surface area contributed by atoms with Crippen molar-refractivity contribution < 1.29 is 4.79 Å². The Morgan fingerprint density at radius 3 is 2.55 bits per heavy atom. The molecule has 4 N–H and O–H groups in total. The Labute approximate surface area is 139 Å². The van der Waals surface area contributed by atoms with Crippen molar-refractivity contribution in [2.24, 2.45) is 5.73 Å². The molecule has 0 heterocycles. The van der Waals surface area contributed by atoms with E-state index in [0.29, 0.717) is 17.2 Å². The Kier molecular flexibility index (Phi) is 5.75. The van der Waals surface area contributed by atoms with Gasteiger partial charge < -0.3 is 16.4 Å². The van der Waals surface area contributed by atoms with E-state index in [4.69, 9.17) is 29.6 Å². The predicted molar refractivity (Wildman–Crippen MR) is 94.3 cm³/mol. The van der Waals surface area contributed by atoms with Crippen molar-refractivity contribution in [1.82, 2.24) is 5.32 Å². The number of carbonyl (C=O) groups excluding carboxylic acids is 1. The zero-order valence-corrected chi connectivity index (χ0v) is 13.4. The first-order valence-electron chi connectivity index (χ1n) is 6.74. The van der Waals surface area contributed by atoms with Crippen LogP contribution < -0.4 is 16.4 Å². The summed E-state index contributed by atoms with van der Waals surface area (Å²) in [5.74, 6) is -0.450. The number of hydrogen-bond acceptors (Lipinski definition) is 2. The smallest absolute Gasteiger partial charge is 0.248 e. The van der Waals surface area contributed by atoms with Gasteiger partial charge in [-0.3, -0.25) is 4.79 Å². The Morgan fingerprint density at radius 1 is 1.18 bits per heavy atom. The first-order valence-corrected chi connectivity index (χ1v) is 7.52. The molecule has 0 aliphatic heterocycles. The second-order valence-electron chi connectivity index (χ2n) is 4.70. The summed E-state index contributed by atoms with van der Waals surface area (Å²) in [7, 11) is 0. The van der Waals surface area contributed by atoms with Gasteiger partial charge in [0, 0.05) is 22.8 Å². The van der Waals surface area contributed by atoms with Gasteiger partial charge in [-0.25, -0.2) is 0 Å². The number of rotatable bonds is 5. The number of carbonyl (C=O) groups is 1. The molecular formula is C16H16ClN3OS.